The molecular formula is C23H25N7O4. The summed E-state index contributed by atoms with van der Waals surface area (Å²) in [5.74, 6) is 0.428. The lowest BCUT2D eigenvalue weighted by molar-refractivity contribution is 0.0760. The maximum atomic E-state index is 12.9. The van der Waals surface area contributed by atoms with Gasteiger partial charge >= 0.3 is 0 Å². The summed E-state index contributed by atoms with van der Waals surface area (Å²) in [5, 5.41) is 3.91. The first-order chi connectivity index (χ1) is 16.4. The van der Waals surface area contributed by atoms with E-state index in [1.807, 2.05) is 6.08 Å². The molecule has 0 fully saturated rings. The van der Waals surface area contributed by atoms with Gasteiger partial charge in [0.2, 0.25) is 17.6 Å². The zero-order valence-corrected chi connectivity index (χ0v) is 18.8. The first kappa shape index (κ1) is 23.1. The van der Waals surface area contributed by atoms with E-state index < -0.39 is 5.91 Å². The van der Waals surface area contributed by atoms with Gasteiger partial charge in [-0.1, -0.05) is 30.3 Å². The monoisotopic (exact) mass is 463 g/mol. The number of hydrazine groups is 1. The number of rotatable bonds is 9. The van der Waals surface area contributed by atoms with Crippen molar-refractivity contribution in [1.29, 1.82) is 0 Å². The van der Waals surface area contributed by atoms with Crippen LogP contribution in [0, 0.1) is 12.8 Å². The lowest BCUT2D eigenvalue weighted by Gasteiger charge is -2.14. The summed E-state index contributed by atoms with van der Waals surface area (Å²) >= 11 is 0. The highest BCUT2D eigenvalue weighted by Gasteiger charge is 2.14. The van der Waals surface area contributed by atoms with E-state index in [0.29, 0.717) is 29.6 Å². The van der Waals surface area contributed by atoms with Crippen molar-refractivity contribution in [2.75, 3.05) is 12.0 Å². The second kappa shape index (κ2) is 10.2. The zero-order chi connectivity index (χ0) is 24.1. The largest absolute Gasteiger partial charge is 0.366 e. The summed E-state index contributed by atoms with van der Waals surface area (Å²) in [6.45, 7) is 4.40. The number of nitrogens with one attached hydrogen (secondary N) is 2. The molecule has 0 aromatic carbocycles. The van der Waals surface area contributed by atoms with Crippen LogP contribution in [0.2, 0.25) is 0 Å². The minimum atomic E-state index is -0.575. The minimum absolute atomic E-state index is 0.0727. The van der Waals surface area contributed by atoms with Gasteiger partial charge in [-0.15, -0.1) is 5.59 Å². The fourth-order valence-electron chi connectivity index (χ4n) is 3.28. The third kappa shape index (κ3) is 5.45. The lowest BCUT2D eigenvalue weighted by atomic mass is 9.99. The molecule has 0 spiro atoms. The summed E-state index contributed by atoms with van der Waals surface area (Å²) in [7, 11) is 0. The maximum absolute atomic E-state index is 12.9. The molecule has 34 heavy (non-hydrogen) atoms. The summed E-state index contributed by atoms with van der Waals surface area (Å²) in [4.78, 5) is 38.0. The first-order valence-corrected chi connectivity index (χ1v) is 10.7. The van der Waals surface area contributed by atoms with Crippen LogP contribution in [-0.2, 0) is 11.4 Å². The van der Waals surface area contributed by atoms with E-state index in [9.17, 15) is 9.59 Å². The summed E-state index contributed by atoms with van der Waals surface area (Å²) in [6, 6.07) is 6.55. The van der Waals surface area contributed by atoms with Crippen LogP contribution in [0.1, 0.15) is 35.3 Å². The number of pyridine rings is 2. The van der Waals surface area contributed by atoms with E-state index in [4.69, 9.17) is 15.1 Å². The van der Waals surface area contributed by atoms with Gasteiger partial charge < -0.3 is 14.8 Å². The van der Waals surface area contributed by atoms with E-state index in [-0.39, 0.29) is 29.4 Å². The van der Waals surface area contributed by atoms with E-state index >= 15 is 0 Å². The standard InChI is InChI=1S/C23H25N7O4/c1-14-3-6-16(7-4-14)13-33-29-27-19-9-5-15(2)30(23(19)32)12-20-26-22(28-34-20)18-10-8-17(11-25-18)21(24)31/h3,5-11,14,27,29H,4,12-13H2,1-2H3,(H2,24,31). The molecule has 0 bridgehead atoms. The topological polar surface area (TPSA) is 150 Å². The molecule has 1 amide bonds. The SMILES string of the molecule is Cc1ccc(NNOCC2=CCC(C)C=C2)c(=O)n1Cc1nc(-c2ccc(C(N)=O)cn2)no1. The highest BCUT2D eigenvalue weighted by atomic mass is 16.7. The second-order valence-electron chi connectivity index (χ2n) is 7.95. The minimum Gasteiger partial charge on any atom is -0.366 e. The molecule has 3 aromatic rings. The van der Waals surface area contributed by atoms with Crippen LogP contribution in [0.15, 0.2) is 63.6 Å². The Kier molecular flexibility index (Phi) is 6.95. The van der Waals surface area contributed by atoms with E-state index in [1.165, 1.54) is 16.8 Å². The van der Waals surface area contributed by atoms with Crippen molar-refractivity contribution in [3.63, 3.8) is 0 Å². The van der Waals surface area contributed by atoms with Crippen molar-refractivity contribution in [3.05, 3.63) is 81.8 Å². The Balaban J connectivity index is 1.40. The van der Waals surface area contributed by atoms with Crippen molar-refractivity contribution in [2.24, 2.45) is 11.7 Å². The number of nitrogens with two attached hydrogens (primary N) is 1. The molecule has 4 N–H and O–H groups in total. The van der Waals surface area contributed by atoms with Crippen LogP contribution in [0.5, 0.6) is 0 Å². The Labute approximate surface area is 195 Å². The van der Waals surface area contributed by atoms with Crippen LogP contribution in [0.4, 0.5) is 5.69 Å². The Morgan fingerprint density at radius 3 is 2.88 bits per heavy atom. The number of primary amides is 1. The van der Waals surface area contributed by atoms with Gasteiger partial charge in [-0.25, -0.2) is 0 Å². The number of hydrogen-bond donors (Lipinski definition) is 3. The number of aromatic nitrogens is 4. The van der Waals surface area contributed by atoms with Gasteiger partial charge in [-0.2, -0.15) is 4.98 Å². The van der Waals surface area contributed by atoms with Crippen molar-refractivity contribution in [2.45, 2.75) is 26.8 Å². The van der Waals surface area contributed by atoms with Crippen molar-refractivity contribution in [1.82, 2.24) is 25.3 Å². The predicted octanol–water partition coefficient (Wildman–Crippen LogP) is 2.12. The summed E-state index contributed by atoms with van der Waals surface area (Å²) < 4.78 is 6.80. The third-order valence-corrected chi connectivity index (χ3v) is 5.32. The van der Waals surface area contributed by atoms with Gasteiger partial charge in [-0.3, -0.25) is 24.8 Å². The summed E-state index contributed by atoms with van der Waals surface area (Å²) in [5.41, 5.74) is 13.1. The van der Waals surface area contributed by atoms with Gasteiger partial charge in [-0.05, 0) is 49.1 Å². The van der Waals surface area contributed by atoms with Crippen LogP contribution in [-0.4, -0.2) is 32.2 Å². The molecule has 1 aliphatic rings. The molecule has 1 unspecified atom stereocenters. The Morgan fingerprint density at radius 1 is 1.32 bits per heavy atom. The Morgan fingerprint density at radius 2 is 2.18 bits per heavy atom. The summed E-state index contributed by atoms with van der Waals surface area (Å²) in [6.07, 6.45) is 8.63. The second-order valence-corrected chi connectivity index (χ2v) is 7.95. The molecule has 0 radical (unpaired) electrons. The number of carbonyl (C=O) groups excluding carboxylic acids is 1. The predicted molar refractivity (Wildman–Crippen MR) is 124 cm³/mol. The quantitative estimate of drug-likeness (QED) is 0.320. The average Bonchev–Trinajstić information content (AvgIpc) is 3.30. The van der Waals surface area contributed by atoms with E-state index in [0.717, 1.165) is 12.0 Å². The fourth-order valence-corrected chi connectivity index (χ4v) is 3.28. The van der Waals surface area contributed by atoms with Crippen molar-refractivity contribution < 1.29 is 14.2 Å². The highest BCUT2D eigenvalue weighted by Crippen LogP contribution is 2.16. The van der Waals surface area contributed by atoms with Crippen LogP contribution >= 0.6 is 0 Å². The number of amides is 1. The van der Waals surface area contributed by atoms with Gasteiger partial charge in [0.05, 0.1) is 12.2 Å². The maximum Gasteiger partial charge on any atom is 0.275 e. The van der Waals surface area contributed by atoms with Gasteiger partial charge in [0.25, 0.3) is 5.56 Å². The number of nitrogens with zero attached hydrogens (tertiary/aromatic N) is 4. The normalized spacial score (nSPS) is 15.2. The lowest BCUT2D eigenvalue weighted by Crippen LogP contribution is -2.31. The molecule has 11 nitrogen and oxygen atoms in total. The molecule has 3 aromatic heterocycles. The van der Waals surface area contributed by atoms with Gasteiger partial charge in [0.1, 0.15) is 17.9 Å². The highest BCUT2D eigenvalue weighted by molar-refractivity contribution is 5.92. The first-order valence-electron chi connectivity index (χ1n) is 10.7. The van der Waals surface area contributed by atoms with Crippen molar-refractivity contribution in [3.8, 4) is 11.5 Å². The number of allylic oxidation sites excluding steroid dienone is 2. The number of anilines is 1. The Bertz CT molecular complexity index is 1290. The number of aryl methyl sites for hydroxylation is 1. The molecule has 4 rings (SSSR count). The van der Waals surface area contributed by atoms with E-state index in [2.05, 4.69) is 45.2 Å². The molecule has 3 heterocycles. The Hall–Kier alpha value is -4.09. The zero-order valence-electron chi connectivity index (χ0n) is 18.8. The molecule has 0 aliphatic heterocycles. The van der Waals surface area contributed by atoms with Gasteiger partial charge in [0, 0.05) is 11.9 Å². The molecule has 1 atom stereocenters. The molecule has 176 valence electrons. The van der Waals surface area contributed by atoms with E-state index in [1.54, 1.807) is 25.1 Å². The molecular weight excluding hydrogens is 438 g/mol. The van der Waals surface area contributed by atoms with Crippen LogP contribution in [0.25, 0.3) is 11.5 Å². The van der Waals surface area contributed by atoms with Crippen LogP contribution in [0.3, 0.4) is 0 Å². The van der Waals surface area contributed by atoms with Gasteiger partial charge in [0.15, 0.2) is 0 Å². The number of hydrogen-bond acceptors (Lipinski definition) is 9. The average molecular weight is 463 g/mol. The smallest absolute Gasteiger partial charge is 0.275 e. The van der Waals surface area contributed by atoms with Crippen molar-refractivity contribution >= 4 is 11.6 Å². The number of carbonyl (C=O) groups is 1. The molecule has 0 saturated heterocycles. The van der Waals surface area contributed by atoms with Crippen LogP contribution < -0.4 is 22.3 Å². The molecule has 1 aliphatic carbocycles. The molecule has 0 saturated carbocycles. The fraction of sp³-hybridized carbons (Fsp3) is 0.261. The molecule has 11 heteroatoms. The third-order valence-electron chi connectivity index (χ3n) is 5.32.